The number of pyridine rings is 1. The highest BCUT2D eigenvalue weighted by molar-refractivity contribution is 7.80. The number of halogens is 1. The van der Waals surface area contributed by atoms with E-state index in [4.69, 9.17) is 28.9 Å². The minimum absolute atomic E-state index is 0.184. The highest BCUT2D eigenvalue weighted by atomic mass is 35.5. The van der Waals surface area contributed by atoms with Crippen LogP contribution in [0.3, 0.4) is 0 Å². The Morgan fingerprint density at radius 3 is 2.36 bits per heavy atom. The lowest BCUT2D eigenvalue weighted by atomic mass is 9.91. The molecule has 0 spiro atoms. The molecule has 0 amide bonds. The number of fused-ring (bicyclic) bond motifs is 1. The van der Waals surface area contributed by atoms with E-state index in [2.05, 4.69) is 51.6 Å². The Labute approximate surface area is 255 Å². The number of aromatic amines is 1. The molecule has 5 aromatic rings. The molecule has 2 heterocycles. The molecule has 8 heteroatoms. The first-order valence-electron chi connectivity index (χ1n) is 13.8. The molecule has 42 heavy (non-hydrogen) atoms. The van der Waals surface area contributed by atoms with Crippen LogP contribution in [0.1, 0.15) is 29.2 Å². The van der Waals surface area contributed by atoms with Crippen molar-refractivity contribution in [1.29, 1.82) is 0 Å². The first kappa shape index (κ1) is 27.7. The van der Waals surface area contributed by atoms with E-state index in [1.165, 1.54) is 0 Å². The molecule has 0 radical (unpaired) electrons. The van der Waals surface area contributed by atoms with E-state index in [9.17, 15) is 4.79 Å². The van der Waals surface area contributed by atoms with Crippen LogP contribution in [0.4, 0.5) is 5.69 Å². The lowest BCUT2D eigenvalue weighted by Crippen LogP contribution is -2.36. The van der Waals surface area contributed by atoms with Crippen LogP contribution in [0.25, 0.3) is 22.0 Å². The van der Waals surface area contributed by atoms with Crippen molar-refractivity contribution >= 4 is 51.2 Å². The second kappa shape index (κ2) is 11.8. The van der Waals surface area contributed by atoms with Crippen LogP contribution in [0.2, 0.25) is 5.02 Å². The van der Waals surface area contributed by atoms with Gasteiger partial charge in [0.2, 0.25) is 0 Å². The summed E-state index contributed by atoms with van der Waals surface area (Å²) >= 11 is 12.2. The number of hydrogen-bond acceptors (Lipinski definition) is 4. The first-order chi connectivity index (χ1) is 20.4. The lowest BCUT2D eigenvalue weighted by molar-refractivity contribution is 0.364. The predicted molar refractivity (Wildman–Crippen MR) is 177 cm³/mol. The molecule has 1 atom stereocenters. The van der Waals surface area contributed by atoms with Crippen molar-refractivity contribution in [3.05, 3.63) is 135 Å². The maximum absolute atomic E-state index is 13.8. The molecular formula is C34H30ClN5OS. The number of hydrazone groups is 1. The van der Waals surface area contributed by atoms with E-state index >= 15 is 0 Å². The third-order valence-corrected chi connectivity index (χ3v) is 8.09. The van der Waals surface area contributed by atoms with E-state index in [0.717, 1.165) is 33.3 Å². The Kier molecular flexibility index (Phi) is 7.78. The topological polar surface area (TPSA) is 63.7 Å². The first-order valence-corrected chi connectivity index (χ1v) is 14.5. The van der Waals surface area contributed by atoms with Gasteiger partial charge >= 0.3 is 0 Å². The number of hydrogen-bond donors (Lipinski definition) is 2. The Morgan fingerprint density at radius 1 is 0.976 bits per heavy atom. The predicted octanol–water partition coefficient (Wildman–Crippen LogP) is 7.14. The number of nitrogens with zero attached hydrogens (tertiary/aromatic N) is 3. The number of thiocarbonyl (C=S) groups is 1. The molecule has 0 saturated carbocycles. The lowest BCUT2D eigenvalue weighted by Gasteiger charge is -2.25. The molecule has 0 fully saturated rings. The van der Waals surface area contributed by atoms with Gasteiger partial charge in [0.05, 0.1) is 22.8 Å². The summed E-state index contributed by atoms with van der Waals surface area (Å²) in [6.45, 7) is 0.569. The zero-order valence-electron chi connectivity index (χ0n) is 23.3. The monoisotopic (exact) mass is 591 g/mol. The van der Waals surface area contributed by atoms with Gasteiger partial charge in [0, 0.05) is 48.7 Å². The number of rotatable bonds is 6. The molecule has 0 aliphatic carbocycles. The van der Waals surface area contributed by atoms with Crippen molar-refractivity contribution in [2.24, 2.45) is 5.10 Å². The van der Waals surface area contributed by atoms with Crippen molar-refractivity contribution in [2.75, 3.05) is 19.0 Å². The van der Waals surface area contributed by atoms with E-state index in [-0.39, 0.29) is 11.6 Å². The molecular weight excluding hydrogens is 562 g/mol. The molecule has 210 valence electrons. The number of H-pyrrole nitrogens is 1. The van der Waals surface area contributed by atoms with Crippen LogP contribution in [0, 0.1) is 0 Å². The average molecular weight is 592 g/mol. The van der Waals surface area contributed by atoms with Crippen molar-refractivity contribution in [1.82, 2.24) is 15.3 Å². The van der Waals surface area contributed by atoms with Crippen LogP contribution in [0.5, 0.6) is 0 Å². The SMILES string of the molecule is CN(C)c1ccc(C2CC(c3c(-c4ccccc4)c4ccc(Cl)cc4[nH]c3=O)=NN2C(=S)NCc2ccccc2)cc1. The molecule has 6 rings (SSSR count). The fourth-order valence-electron chi connectivity index (χ4n) is 5.41. The molecule has 2 N–H and O–H groups in total. The molecule has 1 aliphatic heterocycles. The number of aromatic nitrogens is 1. The Hall–Kier alpha value is -4.46. The van der Waals surface area contributed by atoms with Gasteiger partial charge in [-0.05, 0) is 53.2 Å². The van der Waals surface area contributed by atoms with Crippen LogP contribution in [-0.2, 0) is 6.54 Å². The summed E-state index contributed by atoms with van der Waals surface area (Å²) in [6, 6.07) is 33.9. The summed E-state index contributed by atoms with van der Waals surface area (Å²) in [5.74, 6) is 0. The van der Waals surface area contributed by atoms with Gasteiger partial charge in [-0.15, -0.1) is 0 Å². The van der Waals surface area contributed by atoms with Gasteiger partial charge in [0.15, 0.2) is 5.11 Å². The number of benzene rings is 4. The van der Waals surface area contributed by atoms with E-state index < -0.39 is 0 Å². The Bertz CT molecular complexity index is 1840. The summed E-state index contributed by atoms with van der Waals surface area (Å²) in [6.07, 6.45) is 0.510. The zero-order chi connectivity index (χ0) is 29.2. The largest absolute Gasteiger partial charge is 0.378 e. The summed E-state index contributed by atoms with van der Waals surface area (Å²) in [4.78, 5) is 18.9. The van der Waals surface area contributed by atoms with Crippen LogP contribution in [0.15, 0.2) is 113 Å². The highest BCUT2D eigenvalue weighted by Gasteiger charge is 2.34. The summed E-state index contributed by atoms with van der Waals surface area (Å²) in [5, 5.41) is 12.2. The third-order valence-electron chi connectivity index (χ3n) is 7.53. The van der Waals surface area contributed by atoms with Crippen LogP contribution < -0.4 is 15.8 Å². The van der Waals surface area contributed by atoms with Gasteiger partial charge in [0.1, 0.15) is 0 Å². The molecule has 1 aromatic heterocycles. The smallest absolute Gasteiger partial charge is 0.258 e. The average Bonchev–Trinajstić information content (AvgIpc) is 3.45. The van der Waals surface area contributed by atoms with Crippen molar-refractivity contribution in [3.8, 4) is 11.1 Å². The van der Waals surface area contributed by atoms with Crippen molar-refractivity contribution < 1.29 is 0 Å². The van der Waals surface area contributed by atoms with Gasteiger partial charge in [-0.3, -0.25) is 4.79 Å². The molecule has 4 aromatic carbocycles. The molecule has 0 saturated heterocycles. The van der Waals surface area contributed by atoms with Gasteiger partial charge in [0.25, 0.3) is 5.56 Å². The second-order valence-electron chi connectivity index (χ2n) is 10.5. The summed E-state index contributed by atoms with van der Waals surface area (Å²) < 4.78 is 0. The van der Waals surface area contributed by atoms with E-state index in [1.54, 1.807) is 6.07 Å². The summed E-state index contributed by atoms with van der Waals surface area (Å²) in [7, 11) is 4.04. The standard InChI is InChI=1S/C34H30ClN5OS/c1-39(2)26-16-13-23(14-17-26)30-20-29(38-40(30)34(42)36-21-22-9-5-3-6-10-22)32-31(24-11-7-4-8-12-24)27-18-15-25(35)19-28(27)37-33(32)41/h3-19,30H,20-21H2,1-2H3,(H,36,42)(H,37,41). The quantitative estimate of drug-likeness (QED) is 0.206. The minimum Gasteiger partial charge on any atom is -0.378 e. The molecule has 1 aliphatic rings. The van der Waals surface area contributed by atoms with Gasteiger partial charge in [-0.1, -0.05) is 90.5 Å². The fourth-order valence-corrected chi connectivity index (χ4v) is 5.82. The zero-order valence-corrected chi connectivity index (χ0v) is 24.9. The minimum atomic E-state index is -0.214. The number of nitrogens with one attached hydrogen (secondary N) is 2. The van der Waals surface area contributed by atoms with Gasteiger partial charge in [-0.25, -0.2) is 5.01 Å². The fraction of sp³-hybridized carbons (Fsp3) is 0.147. The Morgan fingerprint density at radius 2 is 1.67 bits per heavy atom. The normalized spacial score (nSPS) is 14.6. The maximum atomic E-state index is 13.8. The van der Waals surface area contributed by atoms with Crippen LogP contribution in [-0.4, -0.2) is 34.9 Å². The maximum Gasteiger partial charge on any atom is 0.258 e. The van der Waals surface area contributed by atoms with Crippen molar-refractivity contribution in [2.45, 2.75) is 19.0 Å². The Balaban J connectivity index is 1.46. The third kappa shape index (κ3) is 5.53. The van der Waals surface area contributed by atoms with Crippen LogP contribution >= 0.6 is 23.8 Å². The molecule has 6 nitrogen and oxygen atoms in total. The van der Waals surface area contributed by atoms with E-state index in [1.807, 2.05) is 79.8 Å². The van der Waals surface area contributed by atoms with Crippen molar-refractivity contribution in [3.63, 3.8) is 0 Å². The van der Waals surface area contributed by atoms with Gasteiger partial charge in [-0.2, -0.15) is 5.10 Å². The van der Waals surface area contributed by atoms with E-state index in [0.29, 0.717) is 39.9 Å². The number of anilines is 1. The van der Waals surface area contributed by atoms with Gasteiger partial charge < -0.3 is 15.2 Å². The second-order valence-corrected chi connectivity index (χ2v) is 11.3. The molecule has 0 bridgehead atoms. The highest BCUT2D eigenvalue weighted by Crippen LogP contribution is 2.37. The molecule has 1 unspecified atom stereocenters. The summed E-state index contributed by atoms with van der Waals surface area (Å²) in [5.41, 5.74) is 6.73.